The Morgan fingerprint density at radius 2 is 2.26 bits per heavy atom. The molecule has 2 aromatic heterocycles. The van der Waals surface area contributed by atoms with E-state index in [1.165, 1.54) is 12.8 Å². The highest BCUT2D eigenvalue weighted by Crippen LogP contribution is 2.44. The van der Waals surface area contributed by atoms with Crippen molar-refractivity contribution >= 4 is 33.1 Å². The van der Waals surface area contributed by atoms with Crippen LogP contribution in [0.25, 0.3) is 10.7 Å². The van der Waals surface area contributed by atoms with Crippen molar-refractivity contribution < 1.29 is 0 Å². The summed E-state index contributed by atoms with van der Waals surface area (Å²) in [4.78, 5) is 10.6. The smallest absolute Gasteiger partial charge is 0.171 e. The van der Waals surface area contributed by atoms with Gasteiger partial charge in [-0.15, -0.1) is 11.3 Å². The third kappa shape index (κ3) is 2.82. The first-order valence-electron chi connectivity index (χ1n) is 6.64. The van der Waals surface area contributed by atoms with Gasteiger partial charge in [0.25, 0.3) is 0 Å². The Labute approximate surface area is 125 Å². The zero-order chi connectivity index (χ0) is 13.2. The van der Waals surface area contributed by atoms with Crippen LogP contribution in [0.1, 0.15) is 37.8 Å². The van der Waals surface area contributed by atoms with E-state index in [-0.39, 0.29) is 0 Å². The van der Waals surface area contributed by atoms with Gasteiger partial charge in [0.2, 0.25) is 0 Å². The molecule has 5 heteroatoms. The molecule has 2 aromatic rings. The number of hydrogen-bond acceptors (Lipinski definition) is 4. The summed E-state index contributed by atoms with van der Waals surface area (Å²) in [6.45, 7) is 3.09. The van der Waals surface area contributed by atoms with Gasteiger partial charge >= 0.3 is 0 Å². The maximum atomic E-state index is 4.76. The maximum absolute atomic E-state index is 4.76. The molecular formula is C14H16BrN3S. The Bertz CT molecular complexity index is 564. The summed E-state index contributed by atoms with van der Waals surface area (Å²) in [6, 6.07) is 4.12. The summed E-state index contributed by atoms with van der Waals surface area (Å²) in [5, 5.41) is 5.46. The Balaban J connectivity index is 2.02. The van der Waals surface area contributed by atoms with E-state index in [9.17, 15) is 0 Å². The highest BCUT2D eigenvalue weighted by molar-refractivity contribution is 9.10. The molecule has 0 aromatic carbocycles. The molecule has 0 unspecified atom stereocenters. The zero-order valence-corrected chi connectivity index (χ0v) is 13.2. The molecule has 0 aliphatic heterocycles. The molecule has 0 amide bonds. The minimum absolute atomic E-state index is 0.610. The van der Waals surface area contributed by atoms with Crippen molar-refractivity contribution in [2.75, 3.05) is 11.9 Å². The van der Waals surface area contributed by atoms with Gasteiger partial charge in [-0.05, 0) is 46.6 Å². The molecule has 1 aliphatic rings. The second-order valence-corrected chi connectivity index (χ2v) is 6.51. The first-order chi connectivity index (χ1) is 9.29. The molecule has 1 aliphatic carbocycles. The van der Waals surface area contributed by atoms with Crippen molar-refractivity contribution in [1.82, 2.24) is 9.97 Å². The van der Waals surface area contributed by atoms with Gasteiger partial charge in [0.1, 0.15) is 5.82 Å². The van der Waals surface area contributed by atoms with Crippen LogP contribution in [0.5, 0.6) is 0 Å². The van der Waals surface area contributed by atoms with E-state index in [1.807, 2.05) is 6.07 Å². The van der Waals surface area contributed by atoms with Crippen LogP contribution in [0.3, 0.4) is 0 Å². The van der Waals surface area contributed by atoms with Gasteiger partial charge in [-0.2, -0.15) is 0 Å². The minimum atomic E-state index is 0.610. The summed E-state index contributed by atoms with van der Waals surface area (Å²) in [5.41, 5.74) is 1.16. The van der Waals surface area contributed by atoms with Crippen molar-refractivity contribution in [2.24, 2.45) is 0 Å². The quantitative estimate of drug-likeness (QED) is 0.861. The fourth-order valence-electron chi connectivity index (χ4n) is 1.97. The highest BCUT2D eigenvalue weighted by atomic mass is 79.9. The van der Waals surface area contributed by atoms with Gasteiger partial charge in [-0.3, -0.25) is 0 Å². The lowest BCUT2D eigenvalue weighted by molar-refractivity contribution is 0.941. The zero-order valence-electron chi connectivity index (χ0n) is 10.8. The topological polar surface area (TPSA) is 37.8 Å². The third-order valence-corrected chi connectivity index (χ3v) is 4.77. The van der Waals surface area contributed by atoms with Gasteiger partial charge in [-0.25, -0.2) is 9.97 Å². The molecule has 1 N–H and O–H groups in total. The monoisotopic (exact) mass is 337 g/mol. The third-order valence-electron chi connectivity index (χ3n) is 3.12. The number of hydrogen-bond donors (Lipinski definition) is 1. The molecular weight excluding hydrogens is 322 g/mol. The van der Waals surface area contributed by atoms with E-state index in [2.05, 4.69) is 44.6 Å². The van der Waals surface area contributed by atoms with Gasteiger partial charge < -0.3 is 5.32 Å². The van der Waals surface area contributed by atoms with Crippen LogP contribution >= 0.6 is 27.3 Å². The highest BCUT2D eigenvalue weighted by Gasteiger charge is 2.29. The Hall–Kier alpha value is -0.940. The second-order valence-electron chi connectivity index (χ2n) is 4.77. The summed E-state index contributed by atoms with van der Waals surface area (Å²) in [7, 11) is 0. The van der Waals surface area contributed by atoms with E-state index in [4.69, 9.17) is 4.98 Å². The average Bonchev–Trinajstić information content (AvgIpc) is 3.11. The fraction of sp³-hybridized carbons (Fsp3) is 0.429. The van der Waals surface area contributed by atoms with Crippen LogP contribution in [0.2, 0.25) is 0 Å². The van der Waals surface area contributed by atoms with E-state index in [0.29, 0.717) is 5.92 Å². The molecule has 0 bridgehead atoms. The Morgan fingerprint density at radius 3 is 2.89 bits per heavy atom. The first kappa shape index (κ1) is 13.1. The average molecular weight is 338 g/mol. The van der Waals surface area contributed by atoms with E-state index >= 15 is 0 Å². The summed E-state index contributed by atoms with van der Waals surface area (Å²) in [5.74, 6) is 2.39. The fourth-order valence-corrected chi connectivity index (χ4v) is 3.27. The van der Waals surface area contributed by atoms with E-state index in [0.717, 1.165) is 39.7 Å². The number of rotatable bonds is 5. The first-order valence-corrected chi connectivity index (χ1v) is 8.32. The van der Waals surface area contributed by atoms with Crippen molar-refractivity contribution in [1.29, 1.82) is 0 Å². The molecule has 1 saturated carbocycles. The largest absolute Gasteiger partial charge is 0.369 e. The predicted octanol–water partition coefficient (Wildman–Crippen LogP) is 4.67. The Kier molecular flexibility index (Phi) is 3.84. The van der Waals surface area contributed by atoms with Gasteiger partial charge in [0, 0.05) is 12.5 Å². The number of nitrogens with one attached hydrogen (secondary N) is 1. The van der Waals surface area contributed by atoms with Gasteiger partial charge in [0.05, 0.1) is 15.0 Å². The molecule has 0 radical (unpaired) electrons. The van der Waals surface area contributed by atoms with Crippen LogP contribution in [-0.4, -0.2) is 16.5 Å². The Morgan fingerprint density at radius 1 is 1.42 bits per heavy atom. The van der Waals surface area contributed by atoms with Crippen LogP contribution < -0.4 is 5.32 Å². The number of anilines is 1. The van der Waals surface area contributed by atoms with Crippen LogP contribution in [0.4, 0.5) is 5.82 Å². The standard InChI is InChI=1S/C14H16BrN3S/c1-2-7-16-14-11(15)12(9-5-6-9)17-13(18-14)10-4-3-8-19-10/h3-4,8-9H,2,5-7H2,1H3,(H,16,17,18). The minimum Gasteiger partial charge on any atom is -0.369 e. The van der Waals surface area contributed by atoms with Crippen LogP contribution in [0, 0.1) is 0 Å². The lowest BCUT2D eigenvalue weighted by atomic mass is 10.2. The predicted molar refractivity (Wildman–Crippen MR) is 83.8 cm³/mol. The summed E-state index contributed by atoms with van der Waals surface area (Å²) < 4.78 is 1.05. The lowest BCUT2D eigenvalue weighted by Gasteiger charge is -2.11. The van der Waals surface area contributed by atoms with E-state index in [1.54, 1.807) is 11.3 Å². The van der Waals surface area contributed by atoms with Crippen molar-refractivity contribution in [3.8, 4) is 10.7 Å². The molecule has 1 fully saturated rings. The normalized spacial score (nSPS) is 14.6. The molecule has 100 valence electrons. The molecule has 19 heavy (non-hydrogen) atoms. The van der Waals surface area contributed by atoms with Crippen molar-refractivity contribution in [2.45, 2.75) is 32.1 Å². The number of nitrogens with zero attached hydrogens (tertiary/aromatic N) is 2. The molecule has 0 saturated heterocycles. The molecule has 3 nitrogen and oxygen atoms in total. The van der Waals surface area contributed by atoms with Gasteiger partial charge in [0.15, 0.2) is 5.82 Å². The van der Waals surface area contributed by atoms with Gasteiger partial charge in [-0.1, -0.05) is 13.0 Å². The second kappa shape index (κ2) is 5.59. The molecule has 0 atom stereocenters. The van der Waals surface area contributed by atoms with Crippen LogP contribution in [0.15, 0.2) is 22.0 Å². The number of halogens is 1. The SMILES string of the molecule is CCCNc1nc(-c2cccs2)nc(C2CC2)c1Br. The number of aromatic nitrogens is 2. The number of thiophene rings is 1. The molecule has 0 spiro atoms. The van der Waals surface area contributed by atoms with Crippen molar-refractivity contribution in [3.63, 3.8) is 0 Å². The summed E-state index contributed by atoms with van der Waals surface area (Å²) in [6.07, 6.45) is 3.57. The summed E-state index contributed by atoms with van der Waals surface area (Å²) >= 11 is 5.35. The lowest BCUT2D eigenvalue weighted by Crippen LogP contribution is -2.06. The van der Waals surface area contributed by atoms with Crippen LogP contribution in [-0.2, 0) is 0 Å². The van der Waals surface area contributed by atoms with Crippen molar-refractivity contribution in [3.05, 3.63) is 27.7 Å². The van der Waals surface area contributed by atoms with E-state index < -0.39 is 0 Å². The molecule has 2 heterocycles. The molecule has 3 rings (SSSR count). The maximum Gasteiger partial charge on any atom is 0.171 e.